The fourth-order valence-corrected chi connectivity index (χ4v) is 0.868. The summed E-state index contributed by atoms with van der Waals surface area (Å²) in [5.41, 5.74) is 5.69. The molecule has 15 heavy (non-hydrogen) atoms. The lowest BCUT2D eigenvalue weighted by Crippen LogP contribution is -2.35. The molecule has 0 rings (SSSR count). The van der Waals surface area contributed by atoms with E-state index in [9.17, 15) is 4.79 Å². The van der Waals surface area contributed by atoms with Crippen molar-refractivity contribution < 1.29 is 14.3 Å². The number of esters is 1. The Hall–Kier alpha value is -1.56. The molecule has 0 aromatic carbocycles. The number of methoxy groups -OCH3 is 2. The molecular weight excluding hydrogens is 198 g/mol. The molecule has 0 spiro atoms. The van der Waals surface area contributed by atoms with Crippen LogP contribution in [-0.4, -0.2) is 45.1 Å². The molecule has 6 nitrogen and oxygen atoms in total. The highest BCUT2D eigenvalue weighted by atomic mass is 16.5. The normalized spacial score (nSPS) is 13.9. The molecule has 2 N–H and O–H groups in total. The molecule has 1 unspecified atom stereocenters. The van der Waals surface area contributed by atoms with Crippen LogP contribution in [0.1, 0.15) is 6.92 Å². The summed E-state index contributed by atoms with van der Waals surface area (Å²) in [4.78, 5) is 16.3. The van der Waals surface area contributed by atoms with Gasteiger partial charge >= 0.3 is 5.97 Å². The zero-order valence-corrected chi connectivity index (χ0v) is 9.48. The number of nitrogens with two attached hydrogens (primary N) is 1. The highest BCUT2D eigenvalue weighted by Gasteiger charge is 2.18. The van der Waals surface area contributed by atoms with Gasteiger partial charge in [-0.05, 0) is 13.6 Å². The number of aliphatic imine (C=N–C) groups is 1. The first-order valence-electron chi connectivity index (χ1n) is 4.30. The molecule has 0 aromatic rings. The van der Waals surface area contributed by atoms with Gasteiger partial charge in [-0.2, -0.15) is 0 Å². The van der Waals surface area contributed by atoms with E-state index in [0.717, 1.165) is 0 Å². The van der Waals surface area contributed by atoms with Gasteiger partial charge in [0.1, 0.15) is 12.0 Å². The highest BCUT2D eigenvalue weighted by Crippen LogP contribution is 2.09. The molecule has 1 atom stereocenters. The van der Waals surface area contributed by atoms with E-state index in [4.69, 9.17) is 10.5 Å². The minimum atomic E-state index is -0.627. The quantitative estimate of drug-likeness (QED) is 0.300. The van der Waals surface area contributed by atoms with Gasteiger partial charge in [0.15, 0.2) is 5.70 Å². The number of hydrogen-bond acceptors (Lipinski definition) is 6. The number of rotatable bonds is 5. The molecular formula is C9H17N3O3. The van der Waals surface area contributed by atoms with Gasteiger partial charge in [0, 0.05) is 14.2 Å². The number of carbonyl (C=O) groups is 1. The number of nitrogens with zero attached hydrogens (tertiary/aromatic N) is 2. The monoisotopic (exact) mass is 215 g/mol. The summed E-state index contributed by atoms with van der Waals surface area (Å²) in [5, 5.41) is 0. The first-order valence-corrected chi connectivity index (χ1v) is 4.30. The zero-order valence-electron chi connectivity index (χ0n) is 9.48. The second-order valence-corrected chi connectivity index (χ2v) is 2.83. The Morgan fingerprint density at radius 2 is 2.07 bits per heavy atom. The lowest BCUT2D eigenvalue weighted by Gasteiger charge is -2.26. The smallest absolute Gasteiger partial charge is 0.360 e. The molecule has 0 aliphatic heterocycles. The van der Waals surface area contributed by atoms with E-state index >= 15 is 0 Å². The summed E-state index contributed by atoms with van der Waals surface area (Å²) in [6.07, 6.45) is -0.272. The molecule has 0 saturated heterocycles. The van der Waals surface area contributed by atoms with E-state index in [1.807, 2.05) is 0 Å². The fraction of sp³-hybridized carbons (Fsp3) is 0.556. The van der Waals surface area contributed by atoms with Crippen LogP contribution in [0.15, 0.2) is 16.5 Å². The third-order valence-electron chi connectivity index (χ3n) is 2.05. The van der Waals surface area contributed by atoms with Crippen molar-refractivity contribution >= 4 is 12.7 Å². The standard InChI is InChI=1S/C9H17N3O3/c1-6(14-4)12(3)8(10)7(11-2)9(13)15-5/h6H,2,10H2,1,3-5H3/b8-7-. The van der Waals surface area contributed by atoms with Gasteiger partial charge in [-0.15, -0.1) is 0 Å². The fourth-order valence-electron chi connectivity index (χ4n) is 0.868. The average molecular weight is 215 g/mol. The SMILES string of the molecule is C=N/C(C(=O)OC)=C(/N)N(C)C(C)OC. The van der Waals surface area contributed by atoms with Crippen LogP contribution in [0.4, 0.5) is 0 Å². The van der Waals surface area contributed by atoms with Crippen LogP contribution in [0.5, 0.6) is 0 Å². The Morgan fingerprint density at radius 1 is 1.53 bits per heavy atom. The first kappa shape index (κ1) is 13.4. The van der Waals surface area contributed by atoms with Crippen molar-refractivity contribution in [3.8, 4) is 0 Å². The van der Waals surface area contributed by atoms with Gasteiger partial charge in [0.25, 0.3) is 0 Å². The lowest BCUT2D eigenvalue weighted by molar-refractivity contribution is -0.136. The Labute approximate surface area is 89.4 Å². The van der Waals surface area contributed by atoms with Crippen molar-refractivity contribution in [2.45, 2.75) is 13.2 Å². The number of hydrogen-bond donors (Lipinski definition) is 1. The van der Waals surface area contributed by atoms with Crippen LogP contribution in [0.3, 0.4) is 0 Å². The predicted octanol–water partition coefficient (Wildman–Crippen LogP) is -0.0880. The van der Waals surface area contributed by atoms with E-state index in [-0.39, 0.29) is 17.7 Å². The summed E-state index contributed by atoms with van der Waals surface area (Å²) in [6, 6.07) is 0. The summed E-state index contributed by atoms with van der Waals surface area (Å²) in [5.74, 6) is -0.469. The molecule has 0 amide bonds. The van der Waals surface area contributed by atoms with Crippen molar-refractivity contribution in [1.82, 2.24) is 4.90 Å². The maximum atomic E-state index is 11.2. The van der Waals surface area contributed by atoms with Crippen LogP contribution < -0.4 is 5.73 Å². The van der Waals surface area contributed by atoms with Gasteiger partial charge in [0.2, 0.25) is 0 Å². The van der Waals surface area contributed by atoms with E-state index < -0.39 is 5.97 Å². The molecule has 0 aliphatic rings. The van der Waals surface area contributed by atoms with Crippen LogP contribution in [0.2, 0.25) is 0 Å². The van der Waals surface area contributed by atoms with Crippen molar-refractivity contribution in [1.29, 1.82) is 0 Å². The van der Waals surface area contributed by atoms with Gasteiger partial charge < -0.3 is 20.1 Å². The maximum Gasteiger partial charge on any atom is 0.360 e. The van der Waals surface area contributed by atoms with Gasteiger partial charge in [0.05, 0.1) is 7.11 Å². The maximum absolute atomic E-state index is 11.2. The van der Waals surface area contributed by atoms with Crippen LogP contribution >= 0.6 is 0 Å². The van der Waals surface area contributed by atoms with E-state index in [1.165, 1.54) is 14.2 Å². The molecule has 0 saturated carbocycles. The molecule has 0 aromatic heterocycles. The number of ether oxygens (including phenoxy) is 2. The zero-order chi connectivity index (χ0) is 12.0. The Bertz CT molecular complexity index is 276. The topological polar surface area (TPSA) is 77.1 Å². The van der Waals surface area contributed by atoms with Crippen molar-refractivity contribution in [3.63, 3.8) is 0 Å². The Kier molecular flexibility index (Phi) is 5.40. The van der Waals surface area contributed by atoms with Crippen LogP contribution in [0.25, 0.3) is 0 Å². The highest BCUT2D eigenvalue weighted by molar-refractivity contribution is 5.89. The molecule has 6 heteroatoms. The third kappa shape index (κ3) is 3.25. The minimum absolute atomic E-state index is 0.0242. The lowest BCUT2D eigenvalue weighted by atomic mass is 10.4. The summed E-state index contributed by atoms with van der Waals surface area (Å²) in [7, 11) is 4.46. The first-order chi connectivity index (χ1) is 6.99. The molecule has 86 valence electrons. The average Bonchev–Trinajstić information content (AvgIpc) is 2.27. The van der Waals surface area contributed by atoms with Crippen molar-refractivity contribution in [3.05, 3.63) is 11.5 Å². The number of carbonyl (C=O) groups excluding carboxylic acids is 1. The predicted molar refractivity (Wildman–Crippen MR) is 57.0 cm³/mol. The third-order valence-corrected chi connectivity index (χ3v) is 2.05. The molecule has 0 aliphatic carbocycles. The van der Waals surface area contributed by atoms with Crippen molar-refractivity contribution in [2.75, 3.05) is 21.3 Å². The van der Waals surface area contributed by atoms with Gasteiger partial charge in [-0.25, -0.2) is 4.79 Å². The van der Waals surface area contributed by atoms with Gasteiger partial charge in [-0.3, -0.25) is 4.99 Å². The second kappa shape index (κ2) is 6.02. The van der Waals surface area contributed by atoms with Crippen LogP contribution in [-0.2, 0) is 14.3 Å². The van der Waals surface area contributed by atoms with E-state index in [2.05, 4.69) is 16.4 Å². The molecule has 0 heterocycles. The van der Waals surface area contributed by atoms with Crippen LogP contribution in [0, 0.1) is 0 Å². The second-order valence-electron chi connectivity index (χ2n) is 2.83. The van der Waals surface area contributed by atoms with Gasteiger partial charge in [-0.1, -0.05) is 0 Å². The Morgan fingerprint density at radius 3 is 2.40 bits per heavy atom. The summed E-state index contributed by atoms with van der Waals surface area (Å²) >= 11 is 0. The van der Waals surface area contributed by atoms with E-state index in [1.54, 1.807) is 18.9 Å². The molecule has 0 fully saturated rings. The van der Waals surface area contributed by atoms with E-state index in [0.29, 0.717) is 0 Å². The van der Waals surface area contributed by atoms with Crippen molar-refractivity contribution in [2.24, 2.45) is 10.7 Å². The molecule has 0 radical (unpaired) electrons. The summed E-state index contributed by atoms with van der Waals surface area (Å²) < 4.78 is 9.55. The Balaban J connectivity index is 5.02. The molecule has 0 bridgehead atoms. The minimum Gasteiger partial charge on any atom is -0.464 e. The largest absolute Gasteiger partial charge is 0.464 e. The summed E-state index contributed by atoms with van der Waals surface area (Å²) in [6.45, 7) is 5.05.